The minimum atomic E-state index is -0.757. The van der Waals surface area contributed by atoms with E-state index in [1.165, 1.54) is 36.3 Å². The topological polar surface area (TPSA) is 143 Å². The zero-order valence-corrected chi connectivity index (χ0v) is 19.7. The van der Waals surface area contributed by atoms with Crippen LogP contribution in [-0.4, -0.2) is 41.5 Å². The number of hydrogen-bond donors (Lipinski definition) is 3. The summed E-state index contributed by atoms with van der Waals surface area (Å²) in [4.78, 5) is 49.6. The summed E-state index contributed by atoms with van der Waals surface area (Å²) >= 11 is 0. The fraction of sp³-hybridized carbons (Fsp3) is 0.292. The molecule has 0 spiro atoms. The van der Waals surface area contributed by atoms with Gasteiger partial charge >= 0.3 is 18.0 Å². The lowest BCUT2D eigenvalue weighted by atomic mass is 9.94. The van der Waals surface area contributed by atoms with Crippen molar-refractivity contribution in [2.75, 3.05) is 24.3 Å². The first-order valence-corrected chi connectivity index (χ1v) is 11.0. The molecule has 0 bridgehead atoms. The van der Waals surface area contributed by atoms with E-state index in [1.807, 2.05) is 6.92 Å². The van der Waals surface area contributed by atoms with Gasteiger partial charge in [-0.05, 0) is 43.2 Å². The van der Waals surface area contributed by atoms with Gasteiger partial charge in [0.2, 0.25) is 0 Å². The molecule has 2 aromatic carbocycles. The normalized spacial score (nSPS) is 15.3. The van der Waals surface area contributed by atoms with Crippen molar-refractivity contribution in [3.63, 3.8) is 0 Å². The van der Waals surface area contributed by atoms with E-state index in [1.54, 1.807) is 31.2 Å². The molecule has 184 valence electrons. The number of amides is 4. The smallest absolute Gasteiger partial charge is 0.337 e. The third-order valence-electron chi connectivity index (χ3n) is 5.55. The van der Waals surface area contributed by atoms with E-state index in [-0.39, 0.29) is 11.7 Å². The van der Waals surface area contributed by atoms with E-state index >= 15 is 0 Å². The maximum Gasteiger partial charge on any atom is 0.337 e. The van der Waals surface area contributed by atoms with Gasteiger partial charge in [-0.15, -0.1) is 0 Å². The highest BCUT2D eigenvalue weighted by Crippen LogP contribution is 2.32. The lowest BCUT2D eigenvalue weighted by Gasteiger charge is -2.35. The van der Waals surface area contributed by atoms with E-state index in [9.17, 15) is 24.5 Å². The number of methoxy groups -OCH3 is 1. The van der Waals surface area contributed by atoms with Crippen molar-refractivity contribution in [1.29, 1.82) is 0 Å². The van der Waals surface area contributed by atoms with Gasteiger partial charge in [0.15, 0.2) is 0 Å². The van der Waals surface area contributed by atoms with Gasteiger partial charge < -0.3 is 20.7 Å². The van der Waals surface area contributed by atoms with Crippen molar-refractivity contribution in [2.24, 2.45) is 0 Å². The predicted octanol–water partition coefficient (Wildman–Crippen LogP) is 4.55. The summed E-state index contributed by atoms with van der Waals surface area (Å²) in [6.45, 7) is 4.21. The van der Waals surface area contributed by atoms with Crippen LogP contribution in [0.15, 0.2) is 59.8 Å². The number of esters is 1. The quantitative estimate of drug-likeness (QED) is 0.287. The zero-order valence-electron chi connectivity index (χ0n) is 19.7. The van der Waals surface area contributed by atoms with Gasteiger partial charge in [-0.2, -0.15) is 0 Å². The van der Waals surface area contributed by atoms with Crippen LogP contribution in [-0.2, 0) is 9.53 Å². The van der Waals surface area contributed by atoms with E-state index in [2.05, 4.69) is 16.0 Å². The molecule has 35 heavy (non-hydrogen) atoms. The molecule has 0 fully saturated rings. The maximum atomic E-state index is 12.8. The van der Waals surface area contributed by atoms with Crippen molar-refractivity contribution >= 4 is 35.1 Å². The third-order valence-corrected chi connectivity index (χ3v) is 5.55. The van der Waals surface area contributed by atoms with Crippen LogP contribution < -0.4 is 16.0 Å². The molecule has 11 heteroatoms. The van der Waals surface area contributed by atoms with Crippen LogP contribution >= 0.6 is 0 Å². The number of anilines is 2. The molecule has 3 rings (SSSR count). The molecule has 0 aliphatic carbocycles. The van der Waals surface area contributed by atoms with Crippen LogP contribution in [0.1, 0.15) is 38.3 Å². The van der Waals surface area contributed by atoms with E-state index in [0.29, 0.717) is 34.8 Å². The van der Waals surface area contributed by atoms with Crippen molar-refractivity contribution in [1.82, 2.24) is 10.2 Å². The summed E-state index contributed by atoms with van der Waals surface area (Å²) in [7, 11) is 1.28. The second kappa shape index (κ2) is 11.1. The molecular formula is C24H27N5O6. The number of benzene rings is 2. The molecule has 11 nitrogen and oxygen atoms in total. The number of urea groups is 2. The number of ether oxygens (including phenoxy) is 1. The first-order valence-electron chi connectivity index (χ1n) is 11.0. The third kappa shape index (κ3) is 5.94. The summed E-state index contributed by atoms with van der Waals surface area (Å²) < 4.78 is 4.99. The summed E-state index contributed by atoms with van der Waals surface area (Å²) in [5.74, 6) is -0.553. The number of nitro groups is 1. The minimum Gasteiger partial charge on any atom is -0.466 e. The maximum absolute atomic E-state index is 12.8. The number of hydrogen-bond acceptors (Lipinski definition) is 6. The highest BCUT2D eigenvalue weighted by atomic mass is 16.6. The SMILES string of the molecule is CCCCN1C(=O)NC(c2cccc(NC(=O)Nc3ccc([N+](=O)[O-])cc3)c2)C(C(=O)OC)=C1C. The van der Waals surface area contributed by atoms with E-state index in [0.717, 1.165) is 12.8 Å². The molecule has 3 N–H and O–H groups in total. The zero-order chi connectivity index (χ0) is 25.5. The molecule has 4 amide bonds. The van der Waals surface area contributed by atoms with Crippen LogP contribution in [0.4, 0.5) is 26.7 Å². The second-order valence-electron chi connectivity index (χ2n) is 7.89. The number of non-ortho nitro benzene ring substituents is 1. The molecule has 1 atom stereocenters. The van der Waals surface area contributed by atoms with Crippen LogP contribution in [0.3, 0.4) is 0 Å². The van der Waals surface area contributed by atoms with Crippen LogP contribution in [0, 0.1) is 10.1 Å². The molecule has 2 aromatic rings. The standard InChI is InChI=1S/C24H27N5O6/c1-4-5-13-28-15(2)20(22(30)35-3)21(27-24(28)32)16-7-6-8-18(14-16)26-23(31)25-17-9-11-19(12-10-17)29(33)34/h6-12,14,21H,4-5,13H2,1-3H3,(H,27,32)(H2,25,26,31). The molecule has 1 aliphatic rings. The van der Waals surface area contributed by atoms with Crippen molar-refractivity contribution < 1.29 is 24.0 Å². The van der Waals surface area contributed by atoms with Gasteiger partial charge in [0.1, 0.15) is 0 Å². The van der Waals surface area contributed by atoms with E-state index in [4.69, 9.17) is 4.74 Å². The molecule has 0 saturated heterocycles. The molecule has 0 saturated carbocycles. The summed E-state index contributed by atoms with van der Waals surface area (Å²) in [5, 5.41) is 18.9. The number of unbranched alkanes of at least 4 members (excludes halogenated alkanes) is 1. The Balaban J connectivity index is 1.81. The fourth-order valence-electron chi connectivity index (χ4n) is 3.75. The highest BCUT2D eigenvalue weighted by Gasteiger charge is 2.36. The Morgan fingerprint density at radius 2 is 1.83 bits per heavy atom. The summed E-state index contributed by atoms with van der Waals surface area (Å²) in [6, 6.07) is 10.5. The van der Waals surface area contributed by atoms with Crippen molar-refractivity contribution in [2.45, 2.75) is 32.7 Å². The Morgan fingerprint density at radius 1 is 1.14 bits per heavy atom. The molecule has 0 radical (unpaired) electrons. The Hall–Kier alpha value is -4.41. The predicted molar refractivity (Wildman–Crippen MR) is 130 cm³/mol. The Bertz CT molecular complexity index is 1160. The Labute approximate surface area is 202 Å². The molecule has 0 aromatic heterocycles. The monoisotopic (exact) mass is 481 g/mol. The average molecular weight is 482 g/mol. The first kappa shape index (κ1) is 25.2. The average Bonchev–Trinajstić information content (AvgIpc) is 2.83. The Kier molecular flexibility index (Phi) is 8.03. The number of carbonyl (C=O) groups excluding carboxylic acids is 3. The summed E-state index contributed by atoms with van der Waals surface area (Å²) in [6.07, 6.45) is 1.68. The van der Waals surface area contributed by atoms with Crippen LogP contribution in [0.5, 0.6) is 0 Å². The molecule has 1 unspecified atom stereocenters. The number of nitrogens with zero attached hydrogens (tertiary/aromatic N) is 2. The van der Waals surface area contributed by atoms with Crippen LogP contribution in [0.2, 0.25) is 0 Å². The van der Waals surface area contributed by atoms with E-state index < -0.39 is 23.0 Å². The molecular weight excluding hydrogens is 454 g/mol. The van der Waals surface area contributed by atoms with Gasteiger partial charge in [-0.1, -0.05) is 25.5 Å². The Morgan fingerprint density at radius 3 is 2.46 bits per heavy atom. The second-order valence-corrected chi connectivity index (χ2v) is 7.89. The van der Waals surface area contributed by atoms with Gasteiger partial charge in [0.25, 0.3) is 5.69 Å². The highest BCUT2D eigenvalue weighted by molar-refractivity contribution is 6.00. The number of nitro benzene ring substituents is 1. The number of carbonyl (C=O) groups is 3. The lowest BCUT2D eigenvalue weighted by Crippen LogP contribution is -2.48. The van der Waals surface area contributed by atoms with Crippen LogP contribution in [0.25, 0.3) is 0 Å². The largest absolute Gasteiger partial charge is 0.466 e. The van der Waals surface area contributed by atoms with Gasteiger partial charge in [-0.3, -0.25) is 15.0 Å². The fourth-order valence-corrected chi connectivity index (χ4v) is 3.75. The van der Waals surface area contributed by atoms with Crippen molar-refractivity contribution in [3.05, 3.63) is 75.5 Å². The molecule has 1 heterocycles. The lowest BCUT2D eigenvalue weighted by molar-refractivity contribution is -0.384. The van der Waals surface area contributed by atoms with Crippen molar-refractivity contribution in [3.8, 4) is 0 Å². The number of allylic oxidation sites excluding steroid dienone is 1. The number of nitrogens with one attached hydrogen (secondary N) is 3. The first-order chi connectivity index (χ1) is 16.7. The number of rotatable bonds is 8. The summed E-state index contributed by atoms with van der Waals surface area (Å²) in [5.41, 5.74) is 2.13. The van der Waals surface area contributed by atoms with Gasteiger partial charge in [-0.25, -0.2) is 14.4 Å². The molecule has 1 aliphatic heterocycles. The van der Waals surface area contributed by atoms with Gasteiger partial charge in [0.05, 0.1) is 23.6 Å². The minimum absolute atomic E-state index is 0.0868. The van der Waals surface area contributed by atoms with Gasteiger partial charge in [0, 0.05) is 35.7 Å².